The molecule has 2 atom stereocenters. The summed E-state index contributed by atoms with van der Waals surface area (Å²) in [6.07, 6.45) is 2.65. The summed E-state index contributed by atoms with van der Waals surface area (Å²) in [6.45, 7) is 0.615. The third-order valence-corrected chi connectivity index (χ3v) is 7.54. The van der Waals surface area contributed by atoms with E-state index in [2.05, 4.69) is 14.6 Å². The molecule has 0 radical (unpaired) electrons. The van der Waals surface area contributed by atoms with Crippen molar-refractivity contribution in [2.45, 2.75) is 30.0 Å². The second kappa shape index (κ2) is 9.35. The Kier molecular flexibility index (Phi) is 6.74. The number of pyridine rings is 1. The molecule has 4 rings (SSSR count). The molecule has 3 aromatic rings. The van der Waals surface area contributed by atoms with Crippen LogP contribution < -0.4 is 9.62 Å². The predicted molar refractivity (Wildman–Crippen MR) is 126 cm³/mol. The number of nitrogens with one attached hydrogen (secondary N) is 1. The van der Waals surface area contributed by atoms with E-state index >= 15 is 0 Å². The molecule has 0 spiro atoms. The fourth-order valence-corrected chi connectivity index (χ4v) is 5.74. The van der Waals surface area contributed by atoms with Crippen molar-refractivity contribution in [1.29, 1.82) is 0 Å². The highest BCUT2D eigenvalue weighted by molar-refractivity contribution is 7.89. The second-order valence-electron chi connectivity index (χ2n) is 7.37. The first-order valence-electron chi connectivity index (χ1n) is 9.74. The van der Waals surface area contributed by atoms with Gasteiger partial charge in [-0.2, -0.15) is 0 Å². The SMILES string of the molecule is O=S(=O)(NC1CCN(c2ccc(Cl)cc2Cl)[C@H](c2ccc(Cl)cc2)C1)c1ccccn1. The molecule has 1 unspecified atom stereocenters. The first kappa shape index (κ1) is 22.4. The summed E-state index contributed by atoms with van der Waals surface area (Å²) in [4.78, 5) is 6.17. The zero-order valence-electron chi connectivity index (χ0n) is 16.4. The molecule has 1 N–H and O–H groups in total. The molecule has 1 aliphatic heterocycles. The maximum atomic E-state index is 12.8. The predicted octanol–water partition coefficient (Wildman–Crippen LogP) is 5.73. The summed E-state index contributed by atoms with van der Waals surface area (Å²) in [5.74, 6) is 0. The van der Waals surface area contributed by atoms with Gasteiger partial charge in [-0.05, 0) is 60.9 Å². The van der Waals surface area contributed by atoms with Crippen molar-refractivity contribution in [1.82, 2.24) is 9.71 Å². The molecule has 0 saturated carbocycles. The summed E-state index contributed by atoms with van der Waals surface area (Å²) < 4.78 is 28.4. The van der Waals surface area contributed by atoms with Crippen molar-refractivity contribution in [2.24, 2.45) is 0 Å². The average Bonchev–Trinajstić information content (AvgIpc) is 2.75. The number of benzene rings is 2. The van der Waals surface area contributed by atoms with E-state index in [-0.39, 0.29) is 17.1 Å². The molecule has 5 nitrogen and oxygen atoms in total. The Balaban J connectivity index is 1.63. The minimum atomic E-state index is -3.71. The van der Waals surface area contributed by atoms with Gasteiger partial charge in [-0.15, -0.1) is 0 Å². The van der Waals surface area contributed by atoms with Gasteiger partial charge in [0.2, 0.25) is 0 Å². The van der Waals surface area contributed by atoms with E-state index in [0.717, 1.165) is 11.3 Å². The van der Waals surface area contributed by atoms with Crippen LogP contribution in [-0.4, -0.2) is 26.0 Å². The number of hydrogen-bond acceptors (Lipinski definition) is 4. The Labute approximate surface area is 197 Å². The first-order valence-corrected chi connectivity index (χ1v) is 12.4. The lowest BCUT2D eigenvalue weighted by Gasteiger charge is -2.41. The fourth-order valence-electron chi connectivity index (χ4n) is 3.86. The number of halogens is 3. The molecular formula is C22H20Cl3N3O2S. The van der Waals surface area contributed by atoms with Crippen molar-refractivity contribution >= 4 is 50.5 Å². The molecular weight excluding hydrogens is 477 g/mol. The third-order valence-electron chi connectivity index (χ3n) is 5.31. The molecule has 162 valence electrons. The summed E-state index contributed by atoms with van der Waals surface area (Å²) in [6, 6.07) is 17.5. The van der Waals surface area contributed by atoms with E-state index in [9.17, 15) is 8.42 Å². The highest BCUT2D eigenvalue weighted by atomic mass is 35.5. The zero-order chi connectivity index (χ0) is 22.0. The van der Waals surface area contributed by atoms with Crippen molar-refractivity contribution in [3.8, 4) is 0 Å². The van der Waals surface area contributed by atoms with Crippen LogP contribution in [0.1, 0.15) is 24.4 Å². The van der Waals surface area contributed by atoms with Gasteiger partial charge < -0.3 is 4.90 Å². The van der Waals surface area contributed by atoms with Gasteiger partial charge in [-0.25, -0.2) is 18.1 Å². The molecule has 31 heavy (non-hydrogen) atoms. The highest BCUT2D eigenvalue weighted by Crippen LogP contribution is 2.39. The largest absolute Gasteiger partial charge is 0.363 e. The van der Waals surface area contributed by atoms with Crippen LogP contribution in [-0.2, 0) is 10.0 Å². The van der Waals surface area contributed by atoms with Crippen LogP contribution in [0.25, 0.3) is 0 Å². The van der Waals surface area contributed by atoms with Gasteiger partial charge in [0.15, 0.2) is 5.03 Å². The summed E-state index contributed by atoms with van der Waals surface area (Å²) >= 11 is 18.7. The van der Waals surface area contributed by atoms with Crippen molar-refractivity contribution < 1.29 is 8.42 Å². The molecule has 2 heterocycles. The van der Waals surface area contributed by atoms with E-state index in [1.54, 1.807) is 24.3 Å². The lowest BCUT2D eigenvalue weighted by Crippen LogP contribution is -2.46. The third kappa shape index (κ3) is 5.16. The first-order chi connectivity index (χ1) is 14.8. The monoisotopic (exact) mass is 495 g/mol. The van der Waals surface area contributed by atoms with Crippen molar-refractivity contribution in [2.75, 3.05) is 11.4 Å². The standard InChI is InChI=1S/C22H20Cl3N3O2S/c23-16-6-4-15(5-7-16)21-14-18(27-31(29,30)22-3-1-2-11-26-22)10-12-28(21)20-9-8-17(24)13-19(20)25/h1-9,11,13,18,21,27H,10,12,14H2/t18?,21-/m0/s1. The Morgan fingerprint density at radius 2 is 1.71 bits per heavy atom. The Morgan fingerprint density at radius 1 is 0.968 bits per heavy atom. The molecule has 1 aromatic heterocycles. The minimum absolute atomic E-state index is 0.0150. The number of aromatic nitrogens is 1. The van der Waals surface area contributed by atoms with Gasteiger partial charge in [-0.1, -0.05) is 53.0 Å². The summed E-state index contributed by atoms with van der Waals surface area (Å²) in [5.41, 5.74) is 1.88. The topological polar surface area (TPSA) is 62.3 Å². The molecule has 1 fully saturated rings. The smallest absolute Gasteiger partial charge is 0.258 e. The lowest BCUT2D eigenvalue weighted by molar-refractivity contribution is 0.394. The number of rotatable bonds is 5. The van der Waals surface area contributed by atoms with Crippen LogP contribution in [0.4, 0.5) is 5.69 Å². The van der Waals surface area contributed by atoms with Crippen LogP contribution in [0.3, 0.4) is 0 Å². The molecule has 1 saturated heterocycles. The average molecular weight is 497 g/mol. The summed E-state index contributed by atoms with van der Waals surface area (Å²) in [5, 5.41) is 1.78. The van der Waals surface area contributed by atoms with E-state index in [1.807, 2.05) is 30.3 Å². The van der Waals surface area contributed by atoms with Crippen LogP contribution in [0.2, 0.25) is 15.1 Å². The molecule has 0 aliphatic carbocycles. The maximum Gasteiger partial charge on any atom is 0.258 e. The van der Waals surface area contributed by atoms with Gasteiger partial charge >= 0.3 is 0 Å². The van der Waals surface area contributed by atoms with Gasteiger partial charge in [0.05, 0.1) is 16.8 Å². The van der Waals surface area contributed by atoms with Crippen LogP contribution in [0.15, 0.2) is 71.9 Å². The van der Waals surface area contributed by atoms with Gasteiger partial charge in [-0.3, -0.25) is 0 Å². The number of nitrogens with zero attached hydrogens (tertiary/aromatic N) is 2. The second-order valence-corrected chi connectivity index (χ2v) is 10.3. The normalized spacial score (nSPS) is 19.4. The van der Waals surface area contributed by atoms with Gasteiger partial charge in [0.25, 0.3) is 10.0 Å². The minimum Gasteiger partial charge on any atom is -0.363 e. The van der Waals surface area contributed by atoms with Gasteiger partial charge in [0.1, 0.15) is 0 Å². The fraction of sp³-hybridized carbons (Fsp3) is 0.227. The zero-order valence-corrected chi connectivity index (χ0v) is 19.5. The summed E-state index contributed by atoms with van der Waals surface area (Å²) in [7, 11) is -3.71. The van der Waals surface area contributed by atoms with E-state index in [1.165, 1.54) is 12.3 Å². The van der Waals surface area contributed by atoms with E-state index in [4.69, 9.17) is 34.8 Å². The Bertz CT molecular complexity index is 1160. The van der Waals surface area contributed by atoms with Crippen molar-refractivity contribution in [3.63, 3.8) is 0 Å². The molecule has 0 amide bonds. The number of piperidine rings is 1. The molecule has 2 aromatic carbocycles. The maximum absolute atomic E-state index is 12.8. The number of anilines is 1. The number of hydrogen-bond donors (Lipinski definition) is 1. The number of sulfonamides is 1. The van der Waals surface area contributed by atoms with Crippen LogP contribution in [0.5, 0.6) is 0 Å². The van der Waals surface area contributed by atoms with Crippen molar-refractivity contribution in [3.05, 3.63) is 87.5 Å². The van der Waals surface area contributed by atoms with Crippen LogP contribution >= 0.6 is 34.8 Å². The van der Waals surface area contributed by atoms with E-state index < -0.39 is 10.0 Å². The highest BCUT2D eigenvalue weighted by Gasteiger charge is 2.33. The molecule has 1 aliphatic rings. The van der Waals surface area contributed by atoms with E-state index in [0.29, 0.717) is 34.5 Å². The Hall–Kier alpha value is -1.83. The Morgan fingerprint density at radius 3 is 2.39 bits per heavy atom. The van der Waals surface area contributed by atoms with Crippen LogP contribution in [0, 0.1) is 0 Å². The quantitative estimate of drug-likeness (QED) is 0.490. The lowest BCUT2D eigenvalue weighted by atomic mass is 9.91. The molecule has 9 heteroatoms. The molecule has 0 bridgehead atoms. The van der Waals surface area contributed by atoms with Gasteiger partial charge in [0, 0.05) is 28.8 Å².